The quantitative estimate of drug-likeness (QED) is 0.620. The van der Waals surface area contributed by atoms with Gasteiger partial charge in [-0.25, -0.2) is 8.42 Å². The molecular weight excluding hydrogens is 390 g/mol. The Kier molecular flexibility index (Phi) is 6.13. The van der Waals surface area contributed by atoms with Gasteiger partial charge in [-0.2, -0.15) is 0 Å². The van der Waals surface area contributed by atoms with E-state index in [9.17, 15) is 13.2 Å². The number of benzene rings is 2. The Morgan fingerprint density at radius 2 is 1.72 bits per heavy atom. The number of nitrogens with zero attached hydrogens (tertiary/aromatic N) is 1. The highest BCUT2D eigenvalue weighted by Gasteiger charge is 2.17. The molecule has 0 unspecified atom stereocenters. The summed E-state index contributed by atoms with van der Waals surface area (Å²) in [4.78, 5) is 16.1. The largest absolute Gasteiger partial charge is 0.484 e. The molecule has 3 aromatic rings. The van der Waals surface area contributed by atoms with Crippen molar-refractivity contribution in [1.29, 1.82) is 0 Å². The molecule has 1 amide bonds. The average Bonchev–Trinajstić information content (AvgIpc) is 2.66. The minimum atomic E-state index is -3.74. The van der Waals surface area contributed by atoms with Gasteiger partial charge in [0.2, 0.25) is 0 Å². The fourth-order valence-corrected chi connectivity index (χ4v) is 4.03. The number of carbonyl (C=O) groups is 1. The van der Waals surface area contributed by atoms with Gasteiger partial charge in [-0.1, -0.05) is 18.2 Å². The van der Waals surface area contributed by atoms with Crippen molar-refractivity contribution in [1.82, 2.24) is 4.98 Å². The van der Waals surface area contributed by atoms with Crippen molar-refractivity contribution in [3.63, 3.8) is 0 Å². The molecule has 1 aromatic heterocycles. The maximum atomic E-state index is 12.7. The van der Waals surface area contributed by atoms with E-state index >= 15 is 0 Å². The smallest absolute Gasteiger partial charge is 0.262 e. The maximum Gasteiger partial charge on any atom is 0.262 e. The maximum absolute atomic E-state index is 12.7. The van der Waals surface area contributed by atoms with Crippen molar-refractivity contribution in [2.24, 2.45) is 0 Å². The fraction of sp³-hybridized carbons (Fsp3) is 0.143. The predicted molar refractivity (Wildman–Crippen MR) is 112 cm³/mol. The van der Waals surface area contributed by atoms with E-state index in [-0.39, 0.29) is 17.4 Å². The molecule has 8 heteroatoms. The number of anilines is 2. The second-order valence-electron chi connectivity index (χ2n) is 6.48. The summed E-state index contributed by atoms with van der Waals surface area (Å²) in [5.41, 5.74) is 2.42. The Morgan fingerprint density at radius 1 is 1.00 bits per heavy atom. The Labute approximate surface area is 169 Å². The normalized spacial score (nSPS) is 11.0. The first kappa shape index (κ1) is 20.3. The molecule has 2 N–H and O–H groups in total. The number of aromatic nitrogens is 1. The highest BCUT2D eigenvalue weighted by atomic mass is 32.2. The number of hydrogen-bond donors (Lipinski definition) is 2. The number of aryl methyl sites for hydroxylation is 2. The van der Waals surface area contributed by atoms with Gasteiger partial charge >= 0.3 is 0 Å². The van der Waals surface area contributed by atoms with Crippen molar-refractivity contribution >= 4 is 27.3 Å². The first-order valence-corrected chi connectivity index (χ1v) is 10.3. The van der Waals surface area contributed by atoms with E-state index < -0.39 is 10.0 Å². The molecule has 0 aliphatic heterocycles. The number of carbonyl (C=O) groups excluding carboxylic acids is 1. The van der Waals surface area contributed by atoms with E-state index in [1.54, 1.807) is 73.9 Å². The molecular formula is C21H21N3O4S. The first-order chi connectivity index (χ1) is 13.8. The minimum Gasteiger partial charge on any atom is -0.484 e. The van der Waals surface area contributed by atoms with Gasteiger partial charge in [0.05, 0.1) is 10.6 Å². The molecule has 0 bridgehead atoms. The minimum absolute atomic E-state index is 0.209. The SMILES string of the molecule is Cc1cc(NS(=O)(=O)c2ccccc2C)cc(OCC(=O)Nc2ccncc2)c1. The molecule has 2 aromatic carbocycles. The summed E-state index contributed by atoms with van der Waals surface area (Å²) in [5.74, 6) is 0.0529. The molecule has 3 rings (SSSR count). The lowest BCUT2D eigenvalue weighted by atomic mass is 10.2. The third-order valence-electron chi connectivity index (χ3n) is 4.02. The van der Waals surface area contributed by atoms with Crippen LogP contribution in [0.1, 0.15) is 11.1 Å². The lowest BCUT2D eigenvalue weighted by Gasteiger charge is -2.13. The molecule has 0 aliphatic carbocycles. The Bertz CT molecular complexity index is 1120. The summed E-state index contributed by atoms with van der Waals surface area (Å²) in [6, 6.07) is 15.0. The number of ether oxygens (including phenoxy) is 1. The molecule has 0 spiro atoms. The second-order valence-corrected chi connectivity index (χ2v) is 8.13. The van der Waals surface area contributed by atoms with Crippen LogP contribution >= 0.6 is 0 Å². The molecule has 0 saturated carbocycles. The third kappa shape index (κ3) is 5.55. The molecule has 0 atom stereocenters. The monoisotopic (exact) mass is 411 g/mol. The van der Waals surface area contributed by atoms with Crippen LogP contribution in [-0.2, 0) is 14.8 Å². The van der Waals surface area contributed by atoms with Crippen LogP contribution in [0, 0.1) is 13.8 Å². The zero-order valence-corrected chi connectivity index (χ0v) is 16.9. The summed E-state index contributed by atoms with van der Waals surface area (Å²) in [6.45, 7) is 3.34. The van der Waals surface area contributed by atoms with E-state index in [2.05, 4.69) is 15.0 Å². The van der Waals surface area contributed by atoms with Crippen molar-refractivity contribution < 1.29 is 17.9 Å². The van der Waals surface area contributed by atoms with Crippen molar-refractivity contribution in [2.75, 3.05) is 16.6 Å². The summed E-state index contributed by atoms with van der Waals surface area (Å²) >= 11 is 0. The molecule has 29 heavy (non-hydrogen) atoms. The number of hydrogen-bond acceptors (Lipinski definition) is 5. The van der Waals surface area contributed by atoms with Crippen molar-refractivity contribution in [3.05, 3.63) is 78.1 Å². The van der Waals surface area contributed by atoms with Gasteiger partial charge in [-0.15, -0.1) is 0 Å². The number of nitrogens with one attached hydrogen (secondary N) is 2. The van der Waals surface area contributed by atoms with Gasteiger partial charge < -0.3 is 10.1 Å². The number of amides is 1. The van der Waals surface area contributed by atoms with Gasteiger partial charge in [0.15, 0.2) is 6.61 Å². The van der Waals surface area contributed by atoms with Crippen LogP contribution in [-0.4, -0.2) is 25.9 Å². The number of rotatable bonds is 7. The lowest BCUT2D eigenvalue weighted by Crippen LogP contribution is -2.20. The first-order valence-electron chi connectivity index (χ1n) is 8.86. The molecule has 150 valence electrons. The molecule has 1 heterocycles. The molecule has 0 radical (unpaired) electrons. The van der Waals surface area contributed by atoms with E-state index in [1.807, 2.05) is 6.92 Å². The zero-order valence-electron chi connectivity index (χ0n) is 16.0. The predicted octanol–water partition coefficient (Wildman–Crippen LogP) is 3.52. The molecule has 0 aliphatic rings. The number of pyridine rings is 1. The number of sulfonamides is 1. The molecule has 0 saturated heterocycles. The fourth-order valence-electron chi connectivity index (χ4n) is 2.74. The van der Waals surface area contributed by atoms with Crippen LogP contribution in [0.25, 0.3) is 0 Å². The van der Waals surface area contributed by atoms with Crippen LogP contribution in [0.5, 0.6) is 5.75 Å². The van der Waals surface area contributed by atoms with Gasteiger partial charge in [0, 0.05) is 24.1 Å². The molecule has 0 fully saturated rings. The Balaban J connectivity index is 1.70. The van der Waals surface area contributed by atoms with E-state index in [0.717, 1.165) is 5.56 Å². The summed E-state index contributed by atoms with van der Waals surface area (Å²) in [7, 11) is -3.74. The molecule has 7 nitrogen and oxygen atoms in total. The van der Waals surface area contributed by atoms with Gasteiger partial charge in [-0.05, 0) is 55.3 Å². The lowest BCUT2D eigenvalue weighted by molar-refractivity contribution is -0.118. The average molecular weight is 411 g/mol. The van der Waals surface area contributed by atoms with Crippen LogP contribution in [0.2, 0.25) is 0 Å². The zero-order chi connectivity index (χ0) is 20.9. The van der Waals surface area contributed by atoms with Gasteiger partial charge in [0.25, 0.3) is 15.9 Å². The topological polar surface area (TPSA) is 97.4 Å². The summed E-state index contributed by atoms with van der Waals surface area (Å²) in [6.07, 6.45) is 3.15. The highest BCUT2D eigenvalue weighted by molar-refractivity contribution is 7.92. The van der Waals surface area contributed by atoms with E-state index in [4.69, 9.17) is 4.74 Å². The van der Waals surface area contributed by atoms with Gasteiger partial charge in [0.1, 0.15) is 5.75 Å². The van der Waals surface area contributed by atoms with Crippen molar-refractivity contribution in [2.45, 2.75) is 18.7 Å². The van der Waals surface area contributed by atoms with E-state index in [0.29, 0.717) is 22.7 Å². The Morgan fingerprint density at radius 3 is 2.45 bits per heavy atom. The summed E-state index contributed by atoms with van der Waals surface area (Å²) < 4.78 is 33.5. The van der Waals surface area contributed by atoms with Crippen LogP contribution in [0.3, 0.4) is 0 Å². The van der Waals surface area contributed by atoms with Crippen molar-refractivity contribution in [3.8, 4) is 5.75 Å². The van der Waals surface area contributed by atoms with Crippen LogP contribution < -0.4 is 14.8 Å². The van der Waals surface area contributed by atoms with Crippen LogP contribution in [0.15, 0.2) is 71.9 Å². The van der Waals surface area contributed by atoms with Gasteiger partial charge in [-0.3, -0.25) is 14.5 Å². The van der Waals surface area contributed by atoms with E-state index in [1.165, 1.54) is 0 Å². The second kappa shape index (κ2) is 8.74. The third-order valence-corrected chi connectivity index (χ3v) is 5.56. The standard InChI is InChI=1S/C21H21N3O4S/c1-15-11-18(24-29(26,27)20-6-4-3-5-16(20)2)13-19(12-15)28-14-21(25)23-17-7-9-22-10-8-17/h3-13,24H,14H2,1-2H3,(H,22,23,25). The highest BCUT2D eigenvalue weighted by Crippen LogP contribution is 2.24. The summed E-state index contributed by atoms with van der Waals surface area (Å²) in [5, 5.41) is 2.69. The van der Waals surface area contributed by atoms with Crippen LogP contribution in [0.4, 0.5) is 11.4 Å². The Hall–Kier alpha value is -3.39.